The molecule has 0 aliphatic rings. The topological polar surface area (TPSA) is 48.8 Å². The first-order valence-electron chi connectivity index (χ1n) is 7.57. The zero-order valence-electron chi connectivity index (χ0n) is 14.5. The largest absolute Gasteiger partial charge is 0.451 e. The number of nitrogens with zero attached hydrogens (tertiary/aromatic N) is 3. The molecule has 0 fully saturated rings. The highest BCUT2D eigenvalue weighted by Crippen LogP contribution is 2.32. The van der Waals surface area contributed by atoms with Gasteiger partial charge in [-0.05, 0) is 69.6 Å². The Morgan fingerprint density at radius 2 is 1.76 bits per heavy atom. The smallest absolute Gasteiger partial charge is 0.389 e. The highest BCUT2D eigenvalue weighted by Gasteiger charge is 2.39. The molecule has 2 aromatic rings. The number of hydrogen-bond donors (Lipinski definition) is 1. The summed E-state index contributed by atoms with van der Waals surface area (Å²) in [5, 5.41) is 3.80. The van der Waals surface area contributed by atoms with E-state index in [2.05, 4.69) is 5.10 Å². The van der Waals surface area contributed by atoms with Crippen LogP contribution in [0.1, 0.15) is 48.0 Å². The fourth-order valence-corrected chi connectivity index (χ4v) is 3.47. The van der Waals surface area contributed by atoms with Crippen LogP contribution in [0.25, 0.3) is 5.69 Å². The van der Waals surface area contributed by atoms with Crippen LogP contribution in [0.3, 0.4) is 0 Å². The van der Waals surface area contributed by atoms with Gasteiger partial charge in [-0.1, -0.05) is 12.2 Å². The average molecular weight is 388 g/mol. The van der Waals surface area contributed by atoms with E-state index < -0.39 is 18.0 Å². The summed E-state index contributed by atoms with van der Waals surface area (Å²) in [6.45, 7) is 8.66. The van der Waals surface area contributed by atoms with Crippen molar-refractivity contribution in [3.63, 3.8) is 0 Å². The van der Waals surface area contributed by atoms with Crippen LogP contribution in [0.4, 0.5) is 13.2 Å². The molecule has 0 radical (unpaired) electrons. The second-order valence-electron chi connectivity index (χ2n) is 6.18. The molecule has 0 bridgehead atoms. The minimum atomic E-state index is -4.60. The third-order valence-electron chi connectivity index (χ3n) is 4.11. The average Bonchev–Trinajstić information content (AvgIpc) is 2.80. The van der Waals surface area contributed by atoms with Crippen LogP contribution in [0.5, 0.6) is 0 Å². The van der Waals surface area contributed by atoms with E-state index in [9.17, 15) is 13.2 Å². The molecule has 0 saturated heterocycles. The molecule has 0 spiro atoms. The fraction of sp³-hybridized carbons (Fsp3) is 0.438. The first kappa shape index (κ1) is 19.6. The van der Waals surface area contributed by atoms with Gasteiger partial charge < -0.3 is 5.73 Å². The molecule has 2 rings (SSSR count). The second-order valence-corrected chi connectivity index (χ2v) is 6.99. The maximum atomic E-state index is 13.4. The summed E-state index contributed by atoms with van der Waals surface area (Å²) < 4.78 is 42.4. The van der Waals surface area contributed by atoms with Gasteiger partial charge in [-0.3, -0.25) is 4.57 Å². The fourth-order valence-electron chi connectivity index (χ4n) is 2.83. The van der Waals surface area contributed by atoms with Crippen molar-refractivity contribution in [1.82, 2.24) is 14.3 Å². The summed E-state index contributed by atoms with van der Waals surface area (Å²) in [5.74, 6) is -1.01. The number of nitrogens with two attached hydrogens (primary N) is 1. The Bertz CT molecular complexity index is 908. The molecule has 25 heavy (non-hydrogen) atoms. The minimum absolute atomic E-state index is 0.00370. The van der Waals surface area contributed by atoms with Gasteiger partial charge in [-0.15, -0.1) is 5.10 Å². The standard InChI is InChI=1S/C16H19F3N4S2/c1-7(2)22-14(16(17,18)19)21-23(15(22)25)12-8(3)6-11(13(20)24)9(4)10(12)5/h6-7H,1-5H3,(H2,20,24). The molecule has 2 N–H and O–H groups in total. The van der Waals surface area contributed by atoms with Gasteiger partial charge in [0, 0.05) is 11.6 Å². The third kappa shape index (κ3) is 3.35. The van der Waals surface area contributed by atoms with E-state index in [0.717, 1.165) is 15.7 Å². The van der Waals surface area contributed by atoms with Crippen LogP contribution in [0, 0.1) is 25.5 Å². The zero-order valence-corrected chi connectivity index (χ0v) is 16.2. The highest BCUT2D eigenvalue weighted by atomic mass is 32.1. The maximum Gasteiger partial charge on any atom is 0.451 e. The predicted molar refractivity (Wildman–Crippen MR) is 97.9 cm³/mol. The number of halogens is 3. The number of aryl methyl sites for hydroxylation is 1. The lowest BCUT2D eigenvalue weighted by atomic mass is 9.97. The van der Waals surface area contributed by atoms with Crippen LogP contribution in [0.2, 0.25) is 0 Å². The molecular formula is C16H19F3N4S2. The Labute approximate surface area is 154 Å². The monoisotopic (exact) mass is 388 g/mol. The molecular weight excluding hydrogens is 369 g/mol. The van der Waals surface area contributed by atoms with Crippen LogP contribution in [-0.2, 0) is 6.18 Å². The van der Waals surface area contributed by atoms with Gasteiger partial charge in [0.1, 0.15) is 4.99 Å². The molecule has 1 aromatic carbocycles. The van der Waals surface area contributed by atoms with E-state index in [0.29, 0.717) is 16.8 Å². The van der Waals surface area contributed by atoms with Crippen LogP contribution in [0.15, 0.2) is 6.07 Å². The second kappa shape index (κ2) is 6.53. The number of benzene rings is 1. The van der Waals surface area contributed by atoms with Crippen LogP contribution < -0.4 is 5.73 Å². The molecule has 0 aliphatic heterocycles. The lowest BCUT2D eigenvalue weighted by Crippen LogP contribution is -2.16. The van der Waals surface area contributed by atoms with E-state index in [1.165, 1.54) is 4.68 Å². The van der Waals surface area contributed by atoms with Crippen molar-refractivity contribution in [2.75, 3.05) is 0 Å². The van der Waals surface area contributed by atoms with Crippen molar-refractivity contribution in [1.29, 1.82) is 0 Å². The van der Waals surface area contributed by atoms with E-state index in [4.69, 9.17) is 30.2 Å². The Balaban J connectivity index is 2.88. The molecule has 0 amide bonds. The molecule has 0 atom stereocenters. The van der Waals surface area contributed by atoms with Gasteiger partial charge >= 0.3 is 6.18 Å². The number of aromatic nitrogens is 3. The summed E-state index contributed by atoms with van der Waals surface area (Å²) in [4.78, 5) is 0.238. The van der Waals surface area contributed by atoms with Crippen molar-refractivity contribution in [3.8, 4) is 5.69 Å². The lowest BCUT2D eigenvalue weighted by molar-refractivity contribution is -0.148. The van der Waals surface area contributed by atoms with Crippen molar-refractivity contribution in [3.05, 3.63) is 38.9 Å². The van der Waals surface area contributed by atoms with Gasteiger partial charge in [0.15, 0.2) is 0 Å². The number of rotatable bonds is 3. The molecule has 0 aliphatic carbocycles. The molecule has 4 nitrogen and oxygen atoms in total. The maximum absolute atomic E-state index is 13.4. The third-order valence-corrected chi connectivity index (χ3v) is 4.70. The Morgan fingerprint density at radius 3 is 2.16 bits per heavy atom. The summed E-state index contributed by atoms with van der Waals surface area (Å²) in [5.41, 5.74) is 9.18. The summed E-state index contributed by atoms with van der Waals surface area (Å²) in [7, 11) is 0. The molecule has 9 heteroatoms. The molecule has 136 valence electrons. The first-order chi connectivity index (χ1) is 11.4. The minimum Gasteiger partial charge on any atom is -0.389 e. The van der Waals surface area contributed by atoms with Crippen molar-refractivity contribution < 1.29 is 13.2 Å². The summed E-state index contributed by atoms with van der Waals surface area (Å²) in [6, 6.07) is 1.28. The zero-order chi connectivity index (χ0) is 19.3. The molecule has 0 saturated carbocycles. The van der Waals surface area contributed by atoms with E-state index >= 15 is 0 Å². The van der Waals surface area contributed by atoms with Crippen LogP contribution in [-0.4, -0.2) is 19.3 Å². The lowest BCUT2D eigenvalue weighted by Gasteiger charge is -2.16. The Morgan fingerprint density at radius 1 is 1.20 bits per heavy atom. The van der Waals surface area contributed by atoms with Crippen molar-refractivity contribution in [2.45, 2.75) is 46.8 Å². The van der Waals surface area contributed by atoms with Gasteiger partial charge in [-0.2, -0.15) is 13.2 Å². The van der Waals surface area contributed by atoms with Gasteiger partial charge in [0.05, 0.1) is 5.69 Å². The Kier molecular flexibility index (Phi) is 5.11. The quantitative estimate of drug-likeness (QED) is 0.783. The number of thiocarbonyl (C=S) groups is 1. The Hall–Kier alpha value is -1.74. The first-order valence-corrected chi connectivity index (χ1v) is 8.39. The van der Waals surface area contributed by atoms with Gasteiger partial charge in [0.2, 0.25) is 10.6 Å². The van der Waals surface area contributed by atoms with E-state index in [-0.39, 0.29) is 9.76 Å². The van der Waals surface area contributed by atoms with Crippen molar-refractivity contribution >= 4 is 29.4 Å². The summed E-state index contributed by atoms with van der Waals surface area (Å²) in [6.07, 6.45) is -4.60. The van der Waals surface area contributed by atoms with Crippen molar-refractivity contribution in [2.24, 2.45) is 5.73 Å². The van der Waals surface area contributed by atoms with Crippen LogP contribution >= 0.6 is 24.4 Å². The number of hydrogen-bond acceptors (Lipinski definition) is 3. The van der Waals surface area contributed by atoms with E-state index in [1.54, 1.807) is 33.8 Å². The SMILES string of the molecule is Cc1cc(C(N)=S)c(C)c(C)c1-n1nc(C(F)(F)F)n(C(C)C)c1=S. The molecule has 0 unspecified atom stereocenters. The van der Waals surface area contributed by atoms with Gasteiger partial charge in [0.25, 0.3) is 0 Å². The normalized spacial score (nSPS) is 12.0. The molecule has 1 heterocycles. The molecule has 1 aromatic heterocycles. The van der Waals surface area contributed by atoms with E-state index in [1.807, 2.05) is 6.92 Å². The summed E-state index contributed by atoms with van der Waals surface area (Å²) >= 11 is 10.3. The number of alkyl halides is 3. The predicted octanol–water partition coefficient (Wildman–Crippen LogP) is 4.56. The van der Waals surface area contributed by atoms with Gasteiger partial charge in [-0.25, -0.2) is 4.68 Å². The highest BCUT2D eigenvalue weighted by molar-refractivity contribution is 7.80.